The monoisotopic (exact) mass is 310 g/mol. The first kappa shape index (κ1) is 13.4. The highest BCUT2D eigenvalue weighted by Crippen LogP contribution is 2.26. The molecule has 1 aromatic carbocycles. The summed E-state index contributed by atoms with van der Waals surface area (Å²) in [6, 6.07) is 5.71. The molecule has 0 aliphatic carbocycles. The Kier molecular flexibility index (Phi) is 3.95. The Labute approximate surface area is 116 Å². The summed E-state index contributed by atoms with van der Waals surface area (Å²) in [6.07, 6.45) is 2.29. The van der Waals surface area contributed by atoms with Crippen molar-refractivity contribution in [2.75, 3.05) is 12.3 Å². The van der Waals surface area contributed by atoms with Crippen molar-refractivity contribution >= 4 is 27.5 Å². The highest BCUT2D eigenvalue weighted by Gasteiger charge is 2.29. The third kappa shape index (κ3) is 2.53. The molecule has 2 unspecified atom stereocenters. The first-order valence-electron chi connectivity index (χ1n) is 6.36. The summed E-state index contributed by atoms with van der Waals surface area (Å²) in [7, 11) is 0. The van der Waals surface area contributed by atoms with Gasteiger partial charge in [-0.25, -0.2) is 0 Å². The normalized spacial score (nSPS) is 24.1. The van der Waals surface area contributed by atoms with Crippen molar-refractivity contribution in [1.82, 2.24) is 4.90 Å². The maximum absolute atomic E-state index is 12.5. The zero-order valence-electron chi connectivity index (χ0n) is 10.8. The number of rotatable bonds is 1. The number of nitrogens with two attached hydrogens (primary N) is 1. The molecule has 1 aliphatic rings. The lowest BCUT2D eigenvalue weighted by Gasteiger charge is -2.38. The maximum Gasteiger partial charge on any atom is 0.254 e. The van der Waals surface area contributed by atoms with Gasteiger partial charge < -0.3 is 10.6 Å². The lowest BCUT2D eigenvalue weighted by Crippen LogP contribution is -2.46. The summed E-state index contributed by atoms with van der Waals surface area (Å²) < 4.78 is 0.833. The molecule has 2 atom stereocenters. The van der Waals surface area contributed by atoms with E-state index in [-0.39, 0.29) is 5.91 Å². The molecule has 1 aromatic rings. The van der Waals surface area contributed by atoms with Crippen LogP contribution in [-0.4, -0.2) is 23.4 Å². The highest BCUT2D eigenvalue weighted by atomic mass is 79.9. The van der Waals surface area contributed by atoms with Crippen LogP contribution in [0, 0.1) is 5.92 Å². The van der Waals surface area contributed by atoms with Crippen molar-refractivity contribution < 1.29 is 4.79 Å². The first-order chi connectivity index (χ1) is 8.50. The topological polar surface area (TPSA) is 46.3 Å². The van der Waals surface area contributed by atoms with Crippen LogP contribution in [0.5, 0.6) is 0 Å². The number of piperidine rings is 1. The molecule has 0 bridgehead atoms. The number of carbonyl (C=O) groups is 1. The molecule has 1 fully saturated rings. The van der Waals surface area contributed by atoms with Gasteiger partial charge in [-0.3, -0.25) is 4.79 Å². The number of anilines is 1. The van der Waals surface area contributed by atoms with Gasteiger partial charge in [-0.1, -0.05) is 6.92 Å². The molecule has 2 N–H and O–H groups in total. The van der Waals surface area contributed by atoms with Crippen molar-refractivity contribution in [3.8, 4) is 0 Å². The predicted octanol–water partition coefficient (Wildman–Crippen LogP) is 3.29. The van der Waals surface area contributed by atoms with E-state index in [4.69, 9.17) is 5.73 Å². The van der Waals surface area contributed by atoms with E-state index in [0.29, 0.717) is 23.2 Å². The Morgan fingerprint density at radius 1 is 1.44 bits per heavy atom. The lowest BCUT2D eigenvalue weighted by atomic mass is 9.91. The molecule has 0 saturated carbocycles. The second-order valence-electron chi connectivity index (χ2n) is 5.09. The van der Waals surface area contributed by atoms with Gasteiger partial charge in [0.2, 0.25) is 0 Å². The van der Waals surface area contributed by atoms with Gasteiger partial charge in [0.05, 0.1) is 0 Å². The minimum atomic E-state index is 0.0910. The van der Waals surface area contributed by atoms with Crippen LogP contribution < -0.4 is 5.73 Å². The van der Waals surface area contributed by atoms with E-state index in [1.54, 1.807) is 6.07 Å². The molecule has 1 aliphatic heterocycles. The number of amides is 1. The smallest absolute Gasteiger partial charge is 0.254 e. The molecule has 4 heteroatoms. The average molecular weight is 311 g/mol. The summed E-state index contributed by atoms with van der Waals surface area (Å²) in [6.45, 7) is 5.18. The van der Waals surface area contributed by atoms with Crippen LogP contribution >= 0.6 is 15.9 Å². The largest absolute Gasteiger partial charge is 0.398 e. The van der Waals surface area contributed by atoms with Gasteiger partial charge in [-0.2, -0.15) is 0 Å². The Morgan fingerprint density at radius 3 is 2.83 bits per heavy atom. The number of hydrogen-bond donors (Lipinski definition) is 1. The fourth-order valence-corrected chi connectivity index (χ4v) is 2.71. The molecule has 98 valence electrons. The van der Waals surface area contributed by atoms with Crippen molar-refractivity contribution in [1.29, 1.82) is 0 Å². The Bertz CT molecular complexity index is 461. The van der Waals surface area contributed by atoms with Gasteiger partial charge in [-0.15, -0.1) is 0 Å². The molecule has 0 aromatic heterocycles. The molecule has 3 nitrogen and oxygen atoms in total. The zero-order chi connectivity index (χ0) is 13.3. The zero-order valence-corrected chi connectivity index (χ0v) is 12.4. The highest BCUT2D eigenvalue weighted by molar-refractivity contribution is 9.10. The third-order valence-corrected chi connectivity index (χ3v) is 4.60. The summed E-state index contributed by atoms with van der Waals surface area (Å²) in [5.74, 6) is 0.656. The van der Waals surface area contributed by atoms with Crippen LogP contribution in [0.15, 0.2) is 22.7 Å². The number of carbonyl (C=O) groups excluding carboxylic acids is 1. The van der Waals surface area contributed by atoms with Crippen molar-refractivity contribution in [2.45, 2.75) is 32.7 Å². The second-order valence-corrected chi connectivity index (χ2v) is 5.95. The van der Waals surface area contributed by atoms with E-state index in [1.807, 2.05) is 17.0 Å². The molecule has 0 spiro atoms. The van der Waals surface area contributed by atoms with Crippen LogP contribution in [-0.2, 0) is 0 Å². The number of halogens is 1. The molecule has 0 radical (unpaired) electrons. The summed E-state index contributed by atoms with van der Waals surface area (Å²) in [5, 5.41) is 0. The van der Waals surface area contributed by atoms with E-state index in [0.717, 1.165) is 17.4 Å². The number of likely N-dealkylation sites (tertiary alicyclic amines) is 1. The van der Waals surface area contributed by atoms with E-state index in [9.17, 15) is 4.79 Å². The molecular weight excluding hydrogens is 292 g/mol. The van der Waals surface area contributed by atoms with Crippen molar-refractivity contribution in [2.24, 2.45) is 5.92 Å². The number of nitrogen functional groups attached to an aromatic ring is 1. The van der Waals surface area contributed by atoms with Crippen LogP contribution in [0.3, 0.4) is 0 Å². The van der Waals surface area contributed by atoms with Gasteiger partial charge in [0, 0.05) is 28.3 Å². The van der Waals surface area contributed by atoms with Crippen LogP contribution in [0.25, 0.3) is 0 Å². The molecular formula is C14H19BrN2O. The summed E-state index contributed by atoms with van der Waals surface area (Å²) in [5.41, 5.74) is 7.12. The van der Waals surface area contributed by atoms with E-state index in [1.165, 1.54) is 6.42 Å². The first-order valence-corrected chi connectivity index (χ1v) is 7.16. The summed E-state index contributed by atoms with van der Waals surface area (Å²) in [4.78, 5) is 14.4. The molecule has 1 heterocycles. The van der Waals surface area contributed by atoms with Gasteiger partial charge in [0.1, 0.15) is 0 Å². The standard InChI is InChI=1S/C14H19BrN2O/c1-9-4-3-7-17(10(9)2)14(18)11-5-6-12(15)13(16)8-11/h5-6,8-10H,3-4,7,16H2,1-2H3. The van der Waals surface area contributed by atoms with Crippen LogP contribution in [0.2, 0.25) is 0 Å². The molecule has 18 heavy (non-hydrogen) atoms. The van der Waals surface area contributed by atoms with E-state index < -0.39 is 0 Å². The molecule has 1 amide bonds. The second kappa shape index (κ2) is 5.31. The SMILES string of the molecule is CC1CCCN(C(=O)c2ccc(Br)c(N)c2)C1C. The Hall–Kier alpha value is -1.03. The Morgan fingerprint density at radius 2 is 2.17 bits per heavy atom. The predicted molar refractivity (Wildman–Crippen MR) is 77.5 cm³/mol. The number of benzene rings is 1. The minimum absolute atomic E-state index is 0.0910. The van der Waals surface area contributed by atoms with Crippen molar-refractivity contribution in [3.05, 3.63) is 28.2 Å². The van der Waals surface area contributed by atoms with Gasteiger partial charge >= 0.3 is 0 Å². The Balaban J connectivity index is 2.22. The third-order valence-electron chi connectivity index (χ3n) is 3.88. The fraction of sp³-hybridized carbons (Fsp3) is 0.500. The van der Waals surface area contributed by atoms with E-state index >= 15 is 0 Å². The van der Waals surface area contributed by atoms with Crippen LogP contribution in [0.4, 0.5) is 5.69 Å². The average Bonchev–Trinajstić information content (AvgIpc) is 2.35. The molecule has 1 saturated heterocycles. The maximum atomic E-state index is 12.5. The van der Waals surface area contributed by atoms with Gasteiger partial charge in [0.25, 0.3) is 5.91 Å². The van der Waals surface area contributed by atoms with Crippen molar-refractivity contribution in [3.63, 3.8) is 0 Å². The van der Waals surface area contributed by atoms with Gasteiger partial charge in [-0.05, 0) is 59.8 Å². The van der Waals surface area contributed by atoms with E-state index in [2.05, 4.69) is 29.8 Å². The minimum Gasteiger partial charge on any atom is -0.398 e. The number of nitrogens with zero attached hydrogens (tertiary/aromatic N) is 1. The quantitative estimate of drug-likeness (QED) is 0.809. The van der Waals surface area contributed by atoms with Crippen LogP contribution in [0.1, 0.15) is 37.0 Å². The summed E-state index contributed by atoms with van der Waals surface area (Å²) >= 11 is 3.35. The van der Waals surface area contributed by atoms with Gasteiger partial charge in [0.15, 0.2) is 0 Å². The number of hydrogen-bond acceptors (Lipinski definition) is 2. The fourth-order valence-electron chi connectivity index (χ4n) is 2.46. The molecule has 2 rings (SSSR count). The lowest BCUT2D eigenvalue weighted by molar-refractivity contribution is 0.0551.